The summed E-state index contributed by atoms with van der Waals surface area (Å²) in [6.45, 7) is -0.0578. The molecule has 0 radical (unpaired) electrons. The summed E-state index contributed by atoms with van der Waals surface area (Å²) in [7, 11) is 1.59. The summed E-state index contributed by atoms with van der Waals surface area (Å²) in [6.07, 6.45) is 0. The summed E-state index contributed by atoms with van der Waals surface area (Å²) in [4.78, 5) is 0. The molecule has 0 unspecified atom stereocenters. The van der Waals surface area contributed by atoms with E-state index in [4.69, 9.17) is 26.2 Å². The molecular formula is C14H11Br2ClO3. The first kappa shape index (κ1) is 15.6. The Kier molecular flexibility index (Phi) is 5.32. The van der Waals surface area contributed by atoms with Crippen molar-refractivity contribution in [3.8, 4) is 17.2 Å². The van der Waals surface area contributed by atoms with E-state index in [1.807, 2.05) is 0 Å². The molecule has 3 nitrogen and oxygen atoms in total. The molecule has 0 aromatic heterocycles. The second-order valence-electron chi connectivity index (χ2n) is 3.94. The maximum absolute atomic E-state index is 9.05. The van der Waals surface area contributed by atoms with Gasteiger partial charge in [0.25, 0.3) is 0 Å². The fraction of sp³-hybridized carbons (Fsp3) is 0.143. The van der Waals surface area contributed by atoms with E-state index >= 15 is 0 Å². The Morgan fingerprint density at radius 2 is 1.70 bits per heavy atom. The van der Waals surface area contributed by atoms with E-state index in [0.717, 1.165) is 14.5 Å². The van der Waals surface area contributed by atoms with E-state index in [0.29, 0.717) is 22.3 Å². The Morgan fingerprint density at radius 3 is 2.30 bits per heavy atom. The van der Waals surface area contributed by atoms with Gasteiger partial charge in [0.1, 0.15) is 17.2 Å². The van der Waals surface area contributed by atoms with E-state index in [9.17, 15) is 0 Å². The monoisotopic (exact) mass is 420 g/mol. The fourth-order valence-electron chi connectivity index (χ4n) is 1.59. The highest BCUT2D eigenvalue weighted by Crippen LogP contribution is 2.39. The van der Waals surface area contributed by atoms with Gasteiger partial charge < -0.3 is 14.6 Å². The summed E-state index contributed by atoms with van der Waals surface area (Å²) in [5.41, 5.74) is 0.734. The van der Waals surface area contributed by atoms with Crippen LogP contribution in [0.4, 0.5) is 0 Å². The molecule has 0 bridgehead atoms. The molecule has 2 rings (SSSR count). The number of aliphatic hydroxyl groups excluding tert-OH is 1. The fourth-order valence-corrected chi connectivity index (χ4v) is 2.72. The Balaban J connectivity index is 2.32. The molecule has 0 atom stereocenters. The lowest BCUT2D eigenvalue weighted by Gasteiger charge is -2.12. The molecule has 106 valence electrons. The molecule has 0 heterocycles. The van der Waals surface area contributed by atoms with Crippen LogP contribution in [0.1, 0.15) is 5.56 Å². The number of ether oxygens (including phenoxy) is 2. The largest absolute Gasteiger partial charge is 0.496 e. The molecular weight excluding hydrogens is 411 g/mol. The average molecular weight is 423 g/mol. The minimum absolute atomic E-state index is 0.0578. The zero-order chi connectivity index (χ0) is 14.7. The maximum Gasteiger partial charge on any atom is 0.146 e. The lowest BCUT2D eigenvalue weighted by Crippen LogP contribution is -1.91. The predicted octanol–water partition coefficient (Wildman–Crippen LogP) is 5.16. The van der Waals surface area contributed by atoms with Crippen molar-refractivity contribution in [1.82, 2.24) is 0 Å². The minimum atomic E-state index is -0.0578. The number of methoxy groups -OCH3 is 1. The first-order valence-corrected chi connectivity index (χ1v) is 7.61. The van der Waals surface area contributed by atoms with Crippen LogP contribution in [0.15, 0.2) is 39.3 Å². The number of aliphatic hydroxyl groups is 1. The van der Waals surface area contributed by atoms with Crippen molar-refractivity contribution in [1.29, 1.82) is 0 Å². The Bertz CT molecular complexity index is 632. The van der Waals surface area contributed by atoms with Gasteiger partial charge in [0.2, 0.25) is 0 Å². The maximum atomic E-state index is 9.05. The summed E-state index contributed by atoms with van der Waals surface area (Å²) in [5, 5.41) is 9.49. The molecule has 0 spiro atoms. The van der Waals surface area contributed by atoms with Gasteiger partial charge in [0.15, 0.2) is 0 Å². The topological polar surface area (TPSA) is 38.7 Å². The first-order valence-electron chi connectivity index (χ1n) is 5.65. The van der Waals surface area contributed by atoms with Crippen LogP contribution in [0, 0.1) is 0 Å². The van der Waals surface area contributed by atoms with E-state index in [1.165, 1.54) is 0 Å². The molecule has 1 N–H and O–H groups in total. The van der Waals surface area contributed by atoms with Gasteiger partial charge >= 0.3 is 0 Å². The van der Waals surface area contributed by atoms with E-state index in [-0.39, 0.29) is 6.61 Å². The average Bonchev–Trinajstić information content (AvgIpc) is 2.44. The van der Waals surface area contributed by atoms with Gasteiger partial charge in [0.05, 0.1) is 27.7 Å². The van der Waals surface area contributed by atoms with E-state index < -0.39 is 0 Å². The zero-order valence-corrected chi connectivity index (χ0v) is 14.4. The zero-order valence-electron chi connectivity index (χ0n) is 10.5. The summed E-state index contributed by atoms with van der Waals surface area (Å²) in [5.74, 6) is 1.82. The summed E-state index contributed by atoms with van der Waals surface area (Å²) >= 11 is 12.9. The Morgan fingerprint density at radius 1 is 1.05 bits per heavy atom. The van der Waals surface area contributed by atoms with Crippen LogP contribution in [0.25, 0.3) is 0 Å². The Labute approximate surface area is 138 Å². The first-order chi connectivity index (χ1) is 9.55. The molecule has 2 aromatic carbocycles. The second-order valence-corrected chi connectivity index (χ2v) is 6.06. The van der Waals surface area contributed by atoms with Crippen LogP contribution in [0.5, 0.6) is 17.2 Å². The Hall–Kier alpha value is -0.750. The van der Waals surface area contributed by atoms with Crippen molar-refractivity contribution in [2.75, 3.05) is 7.11 Å². The van der Waals surface area contributed by atoms with Crippen LogP contribution in [-0.4, -0.2) is 12.2 Å². The lowest BCUT2D eigenvalue weighted by molar-refractivity contribution is 0.281. The molecule has 0 fully saturated rings. The van der Waals surface area contributed by atoms with Gasteiger partial charge in [0, 0.05) is 0 Å². The number of halogens is 3. The number of benzene rings is 2. The third kappa shape index (κ3) is 3.47. The third-order valence-corrected chi connectivity index (χ3v) is 4.14. The molecule has 0 aliphatic heterocycles. The van der Waals surface area contributed by atoms with Crippen molar-refractivity contribution in [3.05, 3.63) is 49.9 Å². The van der Waals surface area contributed by atoms with Crippen LogP contribution in [0.3, 0.4) is 0 Å². The molecule has 0 aliphatic carbocycles. The van der Waals surface area contributed by atoms with Crippen LogP contribution < -0.4 is 9.47 Å². The predicted molar refractivity (Wildman–Crippen MR) is 85.8 cm³/mol. The number of hydrogen-bond donors (Lipinski definition) is 1. The highest BCUT2D eigenvalue weighted by Gasteiger charge is 2.11. The van der Waals surface area contributed by atoms with Crippen molar-refractivity contribution in [3.63, 3.8) is 0 Å². The third-order valence-electron chi connectivity index (χ3n) is 2.61. The molecule has 20 heavy (non-hydrogen) atoms. The number of hydrogen-bond acceptors (Lipinski definition) is 3. The molecule has 6 heteroatoms. The SMILES string of the molecule is COc1cc(Br)c(Oc2ccc(CO)cc2Cl)cc1Br. The van der Waals surface area contributed by atoms with Crippen molar-refractivity contribution in [2.45, 2.75) is 6.61 Å². The van der Waals surface area contributed by atoms with Gasteiger partial charge in [-0.2, -0.15) is 0 Å². The standard InChI is InChI=1S/C14H11Br2ClO3/c1-19-13-5-10(16)14(6-9(13)15)20-12-3-2-8(7-18)4-11(12)17/h2-6,18H,7H2,1H3. The highest BCUT2D eigenvalue weighted by molar-refractivity contribution is 9.11. The quantitative estimate of drug-likeness (QED) is 0.740. The molecule has 2 aromatic rings. The summed E-state index contributed by atoms with van der Waals surface area (Å²) in [6, 6.07) is 8.74. The second kappa shape index (κ2) is 6.80. The van der Waals surface area contributed by atoms with Crippen LogP contribution in [0.2, 0.25) is 5.02 Å². The van der Waals surface area contributed by atoms with Crippen LogP contribution >= 0.6 is 43.5 Å². The molecule has 0 saturated heterocycles. The minimum Gasteiger partial charge on any atom is -0.496 e. The molecule has 0 saturated carbocycles. The summed E-state index contributed by atoms with van der Waals surface area (Å²) < 4.78 is 12.5. The molecule has 0 amide bonds. The van der Waals surface area contributed by atoms with Crippen molar-refractivity contribution >= 4 is 43.5 Å². The molecule has 0 aliphatic rings. The van der Waals surface area contributed by atoms with E-state index in [1.54, 1.807) is 37.4 Å². The smallest absolute Gasteiger partial charge is 0.146 e. The van der Waals surface area contributed by atoms with Crippen LogP contribution in [-0.2, 0) is 6.61 Å². The van der Waals surface area contributed by atoms with Gasteiger partial charge in [-0.25, -0.2) is 0 Å². The van der Waals surface area contributed by atoms with Crippen molar-refractivity contribution < 1.29 is 14.6 Å². The lowest BCUT2D eigenvalue weighted by atomic mass is 10.2. The highest BCUT2D eigenvalue weighted by atomic mass is 79.9. The van der Waals surface area contributed by atoms with E-state index in [2.05, 4.69) is 31.9 Å². The van der Waals surface area contributed by atoms with Crippen molar-refractivity contribution in [2.24, 2.45) is 0 Å². The van der Waals surface area contributed by atoms with Gasteiger partial charge in [-0.15, -0.1) is 0 Å². The van der Waals surface area contributed by atoms with Gasteiger partial charge in [-0.3, -0.25) is 0 Å². The van der Waals surface area contributed by atoms with Gasteiger partial charge in [-0.05, 0) is 61.7 Å². The number of rotatable bonds is 4. The van der Waals surface area contributed by atoms with Gasteiger partial charge in [-0.1, -0.05) is 17.7 Å². The normalized spacial score (nSPS) is 10.4.